The summed E-state index contributed by atoms with van der Waals surface area (Å²) in [5.41, 5.74) is 4.18. The van der Waals surface area contributed by atoms with Crippen LogP contribution in [0.3, 0.4) is 0 Å². The highest BCUT2D eigenvalue weighted by molar-refractivity contribution is 5.74. The molecule has 1 aromatic carbocycles. The molecule has 2 heteroatoms. The molecule has 1 aliphatic carbocycles. The molecule has 1 aliphatic heterocycles. The van der Waals surface area contributed by atoms with Crippen molar-refractivity contribution < 1.29 is 9.47 Å². The van der Waals surface area contributed by atoms with Crippen molar-refractivity contribution in [3.8, 4) is 5.75 Å². The minimum absolute atomic E-state index is 0.464. The van der Waals surface area contributed by atoms with E-state index in [1.54, 1.807) is 7.11 Å². The minimum Gasteiger partial charge on any atom is -0.497 e. The van der Waals surface area contributed by atoms with Gasteiger partial charge in [0.15, 0.2) is 0 Å². The maximum atomic E-state index is 5.60. The number of benzene rings is 1. The Balaban J connectivity index is 2.02. The predicted octanol–water partition coefficient (Wildman–Crippen LogP) is 3.30. The zero-order valence-corrected chi connectivity index (χ0v) is 10.8. The first-order valence-corrected chi connectivity index (χ1v) is 6.43. The van der Waals surface area contributed by atoms with Gasteiger partial charge < -0.3 is 9.47 Å². The Kier molecular flexibility index (Phi) is 2.96. The molecule has 3 rings (SSSR count). The van der Waals surface area contributed by atoms with Gasteiger partial charge in [0, 0.05) is 5.92 Å². The van der Waals surface area contributed by atoms with E-state index in [-0.39, 0.29) is 0 Å². The fourth-order valence-electron chi connectivity index (χ4n) is 2.86. The van der Waals surface area contributed by atoms with Crippen LogP contribution in [0.15, 0.2) is 42.0 Å². The quantitative estimate of drug-likeness (QED) is 0.741. The molecule has 1 heterocycles. The molecule has 0 spiro atoms. The van der Waals surface area contributed by atoms with Crippen molar-refractivity contribution in [2.24, 2.45) is 11.8 Å². The third-order valence-electron chi connectivity index (χ3n) is 3.84. The maximum Gasteiger partial charge on any atom is 0.118 e. The van der Waals surface area contributed by atoms with Crippen LogP contribution in [0.2, 0.25) is 0 Å². The predicted molar refractivity (Wildman–Crippen MR) is 72.5 cm³/mol. The molecule has 0 N–H and O–H groups in total. The van der Waals surface area contributed by atoms with Crippen LogP contribution in [0.25, 0.3) is 5.57 Å². The lowest BCUT2D eigenvalue weighted by Crippen LogP contribution is -2.11. The van der Waals surface area contributed by atoms with E-state index in [1.807, 2.05) is 12.1 Å². The Morgan fingerprint density at radius 2 is 1.94 bits per heavy atom. The van der Waals surface area contributed by atoms with E-state index in [4.69, 9.17) is 9.47 Å². The third kappa shape index (κ3) is 1.87. The van der Waals surface area contributed by atoms with Crippen molar-refractivity contribution in [2.45, 2.75) is 6.92 Å². The molecule has 2 atom stereocenters. The lowest BCUT2D eigenvalue weighted by atomic mass is 9.81. The Labute approximate surface area is 108 Å². The first kappa shape index (κ1) is 11.5. The van der Waals surface area contributed by atoms with E-state index in [0.29, 0.717) is 11.8 Å². The minimum atomic E-state index is 0.464. The van der Waals surface area contributed by atoms with Crippen LogP contribution in [0.1, 0.15) is 12.5 Å². The molecular weight excluding hydrogens is 224 g/mol. The number of methoxy groups -OCH3 is 1. The molecule has 0 saturated carbocycles. The summed E-state index contributed by atoms with van der Waals surface area (Å²) in [6, 6.07) is 8.34. The third-order valence-corrected chi connectivity index (χ3v) is 3.84. The molecule has 94 valence electrons. The SMILES string of the molecule is COc1ccc(C2=C3COC[C@H]3C=C[C@H]2C)cc1. The van der Waals surface area contributed by atoms with E-state index in [1.165, 1.54) is 16.7 Å². The summed E-state index contributed by atoms with van der Waals surface area (Å²) in [4.78, 5) is 0. The van der Waals surface area contributed by atoms with Crippen molar-refractivity contribution in [2.75, 3.05) is 20.3 Å². The Morgan fingerprint density at radius 3 is 2.67 bits per heavy atom. The van der Waals surface area contributed by atoms with Gasteiger partial charge in [0.1, 0.15) is 5.75 Å². The summed E-state index contributed by atoms with van der Waals surface area (Å²) in [6.07, 6.45) is 4.59. The molecule has 2 nitrogen and oxygen atoms in total. The van der Waals surface area contributed by atoms with E-state index >= 15 is 0 Å². The average molecular weight is 242 g/mol. The molecule has 0 bridgehead atoms. The molecular formula is C16H18O2. The topological polar surface area (TPSA) is 18.5 Å². The summed E-state index contributed by atoms with van der Waals surface area (Å²) >= 11 is 0. The number of hydrogen-bond donors (Lipinski definition) is 0. The van der Waals surface area contributed by atoms with Crippen LogP contribution in [-0.2, 0) is 4.74 Å². The summed E-state index contributed by atoms with van der Waals surface area (Å²) in [6.45, 7) is 3.86. The van der Waals surface area contributed by atoms with Crippen LogP contribution in [0.4, 0.5) is 0 Å². The van der Waals surface area contributed by atoms with Crippen LogP contribution in [0, 0.1) is 11.8 Å². The van der Waals surface area contributed by atoms with Gasteiger partial charge in [-0.15, -0.1) is 0 Å². The molecule has 0 radical (unpaired) electrons. The molecule has 0 amide bonds. The first-order chi connectivity index (χ1) is 8.79. The highest BCUT2D eigenvalue weighted by atomic mass is 16.5. The number of hydrogen-bond acceptors (Lipinski definition) is 2. The second-order valence-electron chi connectivity index (χ2n) is 4.96. The molecule has 0 unspecified atom stereocenters. The van der Waals surface area contributed by atoms with Crippen molar-refractivity contribution in [1.29, 1.82) is 0 Å². The van der Waals surface area contributed by atoms with Crippen molar-refractivity contribution >= 4 is 5.57 Å². The second-order valence-corrected chi connectivity index (χ2v) is 4.96. The highest BCUT2D eigenvalue weighted by Crippen LogP contribution is 2.39. The molecule has 1 saturated heterocycles. The Bertz CT molecular complexity index is 496. The zero-order chi connectivity index (χ0) is 12.5. The van der Waals surface area contributed by atoms with Gasteiger partial charge in [-0.05, 0) is 34.8 Å². The molecule has 1 aromatic rings. The molecule has 1 fully saturated rings. The van der Waals surface area contributed by atoms with Gasteiger partial charge in [0.25, 0.3) is 0 Å². The normalized spacial score (nSPS) is 26.3. The molecule has 2 aliphatic rings. The largest absolute Gasteiger partial charge is 0.497 e. The summed E-state index contributed by atoms with van der Waals surface area (Å²) in [5.74, 6) is 1.85. The van der Waals surface area contributed by atoms with E-state index < -0.39 is 0 Å². The fourth-order valence-corrected chi connectivity index (χ4v) is 2.86. The van der Waals surface area contributed by atoms with Gasteiger partial charge in [0.2, 0.25) is 0 Å². The Morgan fingerprint density at radius 1 is 1.17 bits per heavy atom. The van der Waals surface area contributed by atoms with Crippen LogP contribution >= 0.6 is 0 Å². The lowest BCUT2D eigenvalue weighted by Gasteiger charge is -2.23. The van der Waals surface area contributed by atoms with Crippen molar-refractivity contribution in [3.05, 3.63) is 47.6 Å². The monoisotopic (exact) mass is 242 g/mol. The van der Waals surface area contributed by atoms with Gasteiger partial charge >= 0.3 is 0 Å². The van der Waals surface area contributed by atoms with Gasteiger partial charge in [-0.2, -0.15) is 0 Å². The zero-order valence-electron chi connectivity index (χ0n) is 10.8. The van der Waals surface area contributed by atoms with Gasteiger partial charge in [-0.25, -0.2) is 0 Å². The van der Waals surface area contributed by atoms with Gasteiger partial charge in [0.05, 0.1) is 20.3 Å². The lowest BCUT2D eigenvalue weighted by molar-refractivity contribution is 0.195. The van der Waals surface area contributed by atoms with Crippen LogP contribution in [-0.4, -0.2) is 20.3 Å². The smallest absolute Gasteiger partial charge is 0.118 e. The van der Waals surface area contributed by atoms with E-state index in [0.717, 1.165) is 19.0 Å². The summed E-state index contributed by atoms with van der Waals surface area (Å²) < 4.78 is 10.8. The van der Waals surface area contributed by atoms with E-state index in [2.05, 4.69) is 31.2 Å². The first-order valence-electron chi connectivity index (χ1n) is 6.43. The molecule has 0 aromatic heterocycles. The van der Waals surface area contributed by atoms with Gasteiger partial charge in [-0.1, -0.05) is 31.2 Å². The van der Waals surface area contributed by atoms with Crippen molar-refractivity contribution in [1.82, 2.24) is 0 Å². The summed E-state index contributed by atoms with van der Waals surface area (Å²) in [5, 5.41) is 0. The Hall–Kier alpha value is -1.54. The van der Waals surface area contributed by atoms with Crippen LogP contribution < -0.4 is 4.74 Å². The fraction of sp³-hybridized carbons (Fsp3) is 0.375. The second kappa shape index (κ2) is 4.62. The summed E-state index contributed by atoms with van der Waals surface area (Å²) in [7, 11) is 1.70. The average Bonchev–Trinajstić information content (AvgIpc) is 2.87. The van der Waals surface area contributed by atoms with Crippen molar-refractivity contribution in [3.63, 3.8) is 0 Å². The standard InChI is InChI=1S/C16H18O2/c1-11-3-4-13-9-18-10-15(13)16(11)12-5-7-14(17-2)8-6-12/h3-8,11,13H,9-10H2,1-2H3/t11-,13-/m1/s1. The molecule has 18 heavy (non-hydrogen) atoms. The highest BCUT2D eigenvalue weighted by Gasteiger charge is 2.28. The number of fused-ring (bicyclic) bond motifs is 1. The number of allylic oxidation sites excluding steroid dienone is 2. The number of rotatable bonds is 2. The maximum absolute atomic E-state index is 5.60. The van der Waals surface area contributed by atoms with E-state index in [9.17, 15) is 0 Å². The van der Waals surface area contributed by atoms with Gasteiger partial charge in [-0.3, -0.25) is 0 Å². The van der Waals surface area contributed by atoms with Crippen LogP contribution in [0.5, 0.6) is 5.75 Å². The number of ether oxygens (including phenoxy) is 2.